The second-order valence-electron chi connectivity index (χ2n) is 4.12. The van der Waals surface area contributed by atoms with E-state index >= 15 is 0 Å². The number of methoxy groups -OCH3 is 1. The van der Waals surface area contributed by atoms with Crippen LogP contribution in [0.3, 0.4) is 0 Å². The van der Waals surface area contributed by atoms with Gasteiger partial charge in [-0.3, -0.25) is 0 Å². The summed E-state index contributed by atoms with van der Waals surface area (Å²) in [6, 6.07) is 11.3. The number of hydrogen-bond acceptors (Lipinski definition) is 1. The largest absolute Gasteiger partial charge is 0.496 e. The van der Waals surface area contributed by atoms with E-state index in [1.807, 2.05) is 31.2 Å². The van der Waals surface area contributed by atoms with Crippen LogP contribution in [0.2, 0.25) is 0 Å². The van der Waals surface area contributed by atoms with E-state index in [-0.39, 0.29) is 5.82 Å². The van der Waals surface area contributed by atoms with Gasteiger partial charge in [0.2, 0.25) is 0 Å². The molecular formula is C15H14BrFO. The molecule has 0 unspecified atom stereocenters. The van der Waals surface area contributed by atoms with Gasteiger partial charge in [-0.15, -0.1) is 0 Å². The third-order valence-electron chi connectivity index (χ3n) is 2.85. The Morgan fingerprint density at radius 2 is 2.00 bits per heavy atom. The van der Waals surface area contributed by atoms with Crippen molar-refractivity contribution < 1.29 is 9.13 Å². The maximum Gasteiger partial charge on any atom is 0.138 e. The molecule has 0 saturated heterocycles. The predicted octanol–water partition coefficient (Wildman–Crippen LogP) is 4.70. The highest BCUT2D eigenvalue weighted by molar-refractivity contribution is 9.08. The van der Waals surface area contributed by atoms with Crippen molar-refractivity contribution >= 4 is 15.9 Å². The number of aryl methyl sites for hydroxylation is 1. The van der Waals surface area contributed by atoms with E-state index in [0.29, 0.717) is 22.2 Å². The Balaban J connectivity index is 2.68. The van der Waals surface area contributed by atoms with Gasteiger partial charge >= 0.3 is 0 Å². The van der Waals surface area contributed by atoms with Crippen LogP contribution < -0.4 is 4.74 Å². The van der Waals surface area contributed by atoms with Gasteiger partial charge in [-0.05, 0) is 24.1 Å². The monoisotopic (exact) mass is 308 g/mol. The van der Waals surface area contributed by atoms with Crippen LogP contribution in [0.15, 0.2) is 36.4 Å². The number of hydrogen-bond donors (Lipinski definition) is 0. The standard InChI is InChI=1S/C15H14BrFO/c1-10-4-3-5-11(8-10)14-13(18-2)7-6-12(9-16)15(14)17/h3-8H,9H2,1-2H3. The molecule has 0 aliphatic rings. The Labute approximate surface area is 115 Å². The molecule has 0 saturated carbocycles. The molecule has 2 rings (SSSR count). The fourth-order valence-corrected chi connectivity index (χ4v) is 2.38. The fourth-order valence-electron chi connectivity index (χ4n) is 1.94. The van der Waals surface area contributed by atoms with Crippen molar-refractivity contribution in [3.63, 3.8) is 0 Å². The normalized spacial score (nSPS) is 10.4. The topological polar surface area (TPSA) is 9.23 Å². The summed E-state index contributed by atoms with van der Waals surface area (Å²) in [6.07, 6.45) is 0. The molecule has 3 heteroatoms. The van der Waals surface area contributed by atoms with Crippen LogP contribution in [0.25, 0.3) is 11.1 Å². The summed E-state index contributed by atoms with van der Waals surface area (Å²) in [5.41, 5.74) is 3.09. The second kappa shape index (κ2) is 5.53. The summed E-state index contributed by atoms with van der Waals surface area (Å²) in [4.78, 5) is 0. The van der Waals surface area contributed by atoms with Crippen LogP contribution in [-0.2, 0) is 5.33 Å². The Hall–Kier alpha value is -1.35. The summed E-state index contributed by atoms with van der Waals surface area (Å²) in [7, 11) is 1.56. The Bertz CT molecular complexity index is 566. The highest BCUT2D eigenvalue weighted by atomic mass is 79.9. The minimum absolute atomic E-state index is 0.225. The fraction of sp³-hybridized carbons (Fsp3) is 0.200. The van der Waals surface area contributed by atoms with Crippen LogP contribution in [-0.4, -0.2) is 7.11 Å². The molecule has 0 aliphatic carbocycles. The van der Waals surface area contributed by atoms with Crippen LogP contribution >= 0.6 is 15.9 Å². The molecule has 0 radical (unpaired) electrons. The number of halogens is 2. The van der Waals surface area contributed by atoms with E-state index in [1.54, 1.807) is 19.2 Å². The summed E-state index contributed by atoms with van der Waals surface area (Å²) < 4.78 is 19.7. The van der Waals surface area contributed by atoms with Crippen molar-refractivity contribution in [2.75, 3.05) is 7.11 Å². The highest BCUT2D eigenvalue weighted by Crippen LogP contribution is 2.35. The van der Waals surface area contributed by atoms with E-state index in [2.05, 4.69) is 15.9 Å². The first-order valence-corrected chi connectivity index (χ1v) is 6.78. The average Bonchev–Trinajstić information content (AvgIpc) is 2.38. The highest BCUT2D eigenvalue weighted by Gasteiger charge is 2.15. The molecule has 94 valence electrons. The van der Waals surface area contributed by atoms with Crippen LogP contribution in [0, 0.1) is 12.7 Å². The van der Waals surface area contributed by atoms with Gasteiger partial charge in [0.15, 0.2) is 0 Å². The number of alkyl halides is 1. The van der Waals surface area contributed by atoms with E-state index in [4.69, 9.17) is 4.74 Å². The first kappa shape index (κ1) is 13.1. The molecule has 0 spiro atoms. The molecule has 0 N–H and O–H groups in total. The molecule has 0 bridgehead atoms. The molecule has 2 aromatic carbocycles. The van der Waals surface area contributed by atoms with E-state index in [1.165, 1.54) is 0 Å². The Kier molecular flexibility index (Phi) is 4.02. The second-order valence-corrected chi connectivity index (χ2v) is 4.68. The maximum atomic E-state index is 14.4. The number of ether oxygens (including phenoxy) is 1. The molecular weight excluding hydrogens is 295 g/mol. The molecule has 0 heterocycles. The molecule has 0 aromatic heterocycles. The molecule has 0 fully saturated rings. The summed E-state index contributed by atoms with van der Waals surface area (Å²) >= 11 is 3.30. The predicted molar refractivity (Wildman–Crippen MR) is 75.8 cm³/mol. The zero-order chi connectivity index (χ0) is 13.1. The Morgan fingerprint density at radius 1 is 1.22 bits per heavy atom. The number of rotatable bonds is 3. The molecule has 18 heavy (non-hydrogen) atoms. The van der Waals surface area contributed by atoms with E-state index in [9.17, 15) is 4.39 Å². The van der Waals surface area contributed by atoms with Crippen molar-refractivity contribution in [1.29, 1.82) is 0 Å². The summed E-state index contributed by atoms with van der Waals surface area (Å²) in [5, 5.41) is 0.488. The van der Waals surface area contributed by atoms with Gasteiger partial charge in [-0.1, -0.05) is 51.8 Å². The van der Waals surface area contributed by atoms with Crippen molar-refractivity contribution in [1.82, 2.24) is 0 Å². The molecule has 1 nitrogen and oxygen atoms in total. The van der Waals surface area contributed by atoms with Gasteiger partial charge in [0.25, 0.3) is 0 Å². The van der Waals surface area contributed by atoms with Crippen LogP contribution in [0.5, 0.6) is 5.75 Å². The van der Waals surface area contributed by atoms with Gasteiger partial charge in [-0.2, -0.15) is 0 Å². The lowest BCUT2D eigenvalue weighted by molar-refractivity contribution is 0.413. The Morgan fingerprint density at radius 3 is 2.61 bits per heavy atom. The smallest absolute Gasteiger partial charge is 0.138 e. The molecule has 0 aliphatic heterocycles. The van der Waals surface area contributed by atoms with Gasteiger partial charge in [0.05, 0.1) is 12.7 Å². The maximum absolute atomic E-state index is 14.4. The minimum Gasteiger partial charge on any atom is -0.496 e. The van der Waals surface area contributed by atoms with Gasteiger partial charge in [0, 0.05) is 5.33 Å². The van der Waals surface area contributed by atoms with Crippen molar-refractivity contribution in [3.8, 4) is 16.9 Å². The van der Waals surface area contributed by atoms with Crippen molar-refractivity contribution in [3.05, 3.63) is 53.3 Å². The molecule has 2 aromatic rings. The summed E-state index contributed by atoms with van der Waals surface area (Å²) in [5.74, 6) is 0.333. The lowest BCUT2D eigenvalue weighted by atomic mass is 10.00. The lowest BCUT2D eigenvalue weighted by Gasteiger charge is -2.12. The zero-order valence-corrected chi connectivity index (χ0v) is 11.9. The minimum atomic E-state index is -0.225. The third kappa shape index (κ3) is 2.41. The average molecular weight is 309 g/mol. The van der Waals surface area contributed by atoms with Crippen LogP contribution in [0.4, 0.5) is 4.39 Å². The zero-order valence-electron chi connectivity index (χ0n) is 10.3. The first-order chi connectivity index (χ1) is 8.67. The van der Waals surface area contributed by atoms with E-state index < -0.39 is 0 Å². The molecule has 0 amide bonds. The third-order valence-corrected chi connectivity index (χ3v) is 3.46. The SMILES string of the molecule is COc1ccc(CBr)c(F)c1-c1cccc(C)c1. The quantitative estimate of drug-likeness (QED) is 0.746. The van der Waals surface area contributed by atoms with Crippen molar-refractivity contribution in [2.24, 2.45) is 0 Å². The number of benzene rings is 2. The van der Waals surface area contributed by atoms with Gasteiger partial charge in [0.1, 0.15) is 11.6 Å². The van der Waals surface area contributed by atoms with E-state index in [0.717, 1.165) is 11.1 Å². The van der Waals surface area contributed by atoms with Gasteiger partial charge < -0.3 is 4.74 Å². The van der Waals surface area contributed by atoms with Crippen LogP contribution in [0.1, 0.15) is 11.1 Å². The molecule has 0 atom stereocenters. The first-order valence-electron chi connectivity index (χ1n) is 5.65. The van der Waals surface area contributed by atoms with Gasteiger partial charge in [-0.25, -0.2) is 4.39 Å². The summed E-state index contributed by atoms with van der Waals surface area (Å²) in [6.45, 7) is 1.99. The van der Waals surface area contributed by atoms with Crippen molar-refractivity contribution in [2.45, 2.75) is 12.3 Å². The lowest BCUT2D eigenvalue weighted by Crippen LogP contribution is -1.96.